The fraction of sp³-hybridized carbons (Fsp3) is 0.333. The molecular formula is C18H22ClNO2. The van der Waals surface area contributed by atoms with E-state index in [9.17, 15) is 5.11 Å². The molecule has 118 valence electrons. The normalized spacial score (nSPS) is 15.5. The van der Waals surface area contributed by atoms with Crippen LogP contribution in [0.15, 0.2) is 48.5 Å². The quantitative estimate of drug-likeness (QED) is 0.868. The van der Waals surface area contributed by atoms with Crippen LogP contribution in [-0.2, 0) is 6.61 Å². The maximum absolute atomic E-state index is 10.2. The van der Waals surface area contributed by atoms with Gasteiger partial charge in [0.2, 0.25) is 0 Å². The topological polar surface area (TPSA) is 55.5 Å². The van der Waals surface area contributed by atoms with E-state index in [2.05, 4.69) is 0 Å². The number of aromatic hydroxyl groups is 1. The molecule has 1 atom stereocenters. The van der Waals surface area contributed by atoms with Crippen molar-refractivity contribution in [1.82, 2.24) is 0 Å². The van der Waals surface area contributed by atoms with Gasteiger partial charge in [0.25, 0.3) is 0 Å². The maximum atomic E-state index is 10.2. The monoisotopic (exact) mass is 319 g/mol. The molecule has 3 N–H and O–H groups in total. The number of hydrogen-bond acceptors (Lipinski definition) is 3. The number of phenolic OH excluding ortho intramolecular Hbond substituents is 1. The molecule has 1 saturated carbocycles. The molecule has 0 unspecified atom stereocenters. The van der Waals surface area contributed by atoms with Gasteiger partial charge in [0.15, 0.2) is 0 Å². The standard InChI is InChI=1S/C18H21NO2.ClH/c19-18(14-7-4-8-14)16-10-9-15(11-17(16)20)21-12-13-5-2-1-3-6-13;/h1-3,5-6,9-11,14,18,20H,4,7-8,12,19H2;1H/t18-;/m0./s1. The molecule has 1 aliphatic rings. The van der Waals surface area contributed by atoms with Gasteiger partial charge in [-0.2, -0.15) is 0 Å². The Balaban J connectivity index is 0.00000176. The minimum atomic E-state index is -0.0677. The van der Waals surface area contributed by atoms with Gasteiger partial charge < -0.3 is 15.6 Å². The predicted octanol–water partition coefficient (Wildman–Crippen LogP) is 4.19. The molecule has 1 aliphatic carbocycles. The third kappa shape index (κ3) is 3.73. The molecule has 0 amide bonds. The van der Waals surface area contributed by atoms with Crippen LogP contribution in [0, 0.1) is 5.92 Å². The van der Waals surface area contributed by atoms with Crippen molar-refractivity contribution >= 4 is 12.4 Å². The SMILES string of the molecule is Cl.N[C@H](c1ccc(OCc2ccccc2)cc1O)C1CCC1. The van der Waals surface area contributed by atoms with Gasteiger partial charge >= 0.3 is 0 Å². The summed E-state index contributed by atoms with van der Waals surface area (Å²) in [6, 6.07) is 15.3. The average molecular weight is 320 g/mol. The van der Waals surface area contributed by atoms with Gasteiger partial charge in [0.05, 0.1) is 0 Å². The third-order valence-corrected chi connectivity index (χ3v) is 4.27. The molecule has 0 radical (unpaired) electrons. The minimum absolute atomic E-state index is 0. The van der Waals surface area contributed by atoms with Crippen LogP contribution in [0.4, 0.5) is 0 Å². The highest BCUT2D eigenvalue weighted by Crippen LogP contribution is 2.39. The largest absolute Gasteiger partial charge is 0.507 e. The summed E-state index contributed by atoms with van der Waals surface area (Å²) in [5.74, 6) is 1.41. The lowest BCUT2D eigenvalue weighted by Gasteiger charge is -2.31. The summed E-state index contributed by atoms with van der Waals surface area (Å²) in [6.07, 6.45) is 3.57. The number of hydrogen-bond donors (Lipinski definition) is 2. The molecular weight excluding hydrogens is 298 g/mol. The van der Waals surface area contributed by atoms with E-state index in [-0.39, 0.29) is 24.2 Å². The molecule has 0 saturated heterocycles. The molecule has 2 aromatic carbocycles. The zero-order chi connectivity index (χ0) is 14.7. The van der Waals surface area contributed by atoms with Crippen molar-refractivity contribution in [3.63, 3.8) is 0 Å². The van der Waals surface area contributed by atoms with E-state index in [1.807, 2.05) is 42.5 Å². The molecule has 3 rings (SSSR count). The van der Waals surface area contributed by atoms with Crippen LogP contribution in [0.5, 0.6) is 11.5 Å². The number of ether oxygens (including phenoxy) is 1. The first kappa shape index (κ1) is 16.7. The lowest BCUT2D eigenvalue weighted by Crippen LogP contribution is -2.26. The smallest absolute Gasteiger partial charge is 0.124 e. The minimum Gasteiger partial charge on any atom is -0.507 e. The van der Waals surface area contributed by atoms with E-state index in [0.717, 1.165) is 24.0 Å². The Kier molecular flexibility index (Phi) is 5.69. The third-order valence-electron chi connectivity index (χ3n) is 4.27. The lowest BCUT2D eigenvalue weighted by atomic mass is 9.77. The summed E-state index contributed by atoms with van der Waals surface area (Å²) in [7, 11) is 0. The molecule has 0 heterocycles. The second kappa shape index (κ2) is 7.52. The fourth-order valence-corrected chi connectivity index (χ4v) is 2.69. The van der Waals surface area contributed by atoms with Gasteiger partial charge in [-0.15, -0.1) is 12.4 Å². The van der Waals surface area contributed by atoms with Crippen LogP contribution < -0.4 is 10.5 Å². The summed E-state index contributed by atoms with van der Waals surface area (Å²) in [5.41, 5.74) is 8.15. The van der Waals surface area contributed by atoms with E-state index in [1.165, 1.54) is 6.42 Å². The molecule has 0 spiro atoms. The van der Waals surface area contributed by atoms with Crippen molar-refractivity contribution in [2.75, 3.05) is 0 Å². The Bertz CT molecular complexity index is 599. The highest BCUT2D eigenvalue weighted by atomic mass is 35.5. The number of rotatable bonds is 5. The van der Waals surface area contributed by atoms with Crippen LogP contribution in [0.1, 0.15) is 36.4 Å². The van der Waals surface area contributed by atoms with E-state index in [4.69, 9.17) is 10.5 Å². The molecule has 2 aromatic rings. The molecule has 0 aromatic heterocycles. The highest BCUT2D eigenvalue weighted by Gasteiger charge is 2.27. The van der Waals surface area contributed by atoms with Crippen molar-refractivity contribution in [1.29, 1.82) is 0 Å². The predicted molar refractivity (Wildman–Crippen MR) is 90.4 cm³/mol. The second-order valence-corrected chi connectivity index (χ2v) is 5.71. The lowest BCUT2D eigenvalue weighted by molar-refractivity contribution is 0.259. The van der Waals surface area contributed by atoms with Gasteiger partial charge in [-0.05, 0) is 30.4 Å². The Morgan fingerprint density at radius 1 is 1.14 bits per heavy atom. The number of benzene rings is 2. The number of phenols is 1. The van der Waals surface area contributed by atoms with Crippen LogP contribution >= 0.6 is 12.4 Å². The molecule has 4 heteroatoms. The van der Waals surface area contributed by atoms with Crippen LogP contribution in [0.2, 0.25) is 0 Å². The maximum Gasteiger partial charge on any atom is 0.124 e. The molecule has 0 aliphatic heterocycles. The van der Waals surface area contributed by atoms with Crippen molar-refractivity contribution < 1.29 is 9.84 Å². The van der Waals surface area contributed by atoms with Crippen molar-refractivity contribution in [3.05, 3.63) is 59.7 Å². The zero-order valence-electron chi connectivity index (χ0n) is 12.4. The first-order valence-corrected chi connectivity index (χ1v) is 7.49. The van der Waals surface area contributed by atoms with Gasteiger partial charge in [-0.3, -0.25) is 0 Å². The molecule has 3 nitrogen and oxygen atoms in total. The van der Waals surface area contributed by atoms with Gasteiger partial charge in [0, 0.05) is 17.7 Å². The van der Waals surface area contributed by atoms with E-state index < -0.39 is 0 Å². The molecule has 0 bridgehead atoms. The highest BCUT2D eigenvalue weighted by molar-refractivity contribution is 5.85. The van der Waals surface area contributed by atoms with E-state index >= 15 is 0 Å². The Morgan fingerprint density at radius 3 is 2.45 bits per heavy atom. The van der Waals surface area contributed by atoms with Crippen molar-refractivity contribution in [2.45, 2.75) is 31.9 Å². The van der Waals surface area contributed by atoms with Crippen LogP contribution in [0.3, 0.4) is 0 Å². The number of halogens is 1. The zero-order valence-corrected chi connectivity index (χ0v) is 13.3. The Morgan fingerprint density at radius 2 is 1.86 bits per heavy atom. The van der Waals surface area contributed by atoms with E-state index in [0.29, 0.717) is 18.3 Å². The Hall–Kier alpha value is -1.71. The van der Waals surface area contributed by atoms with Gasteiger partial charge in [-0.1, -0.05) is 42.8 Å². The Labute approximate surface area is 137 Å². The van der Waals surface area contributed by atoms with Gasteiger partial charge in [0.1, 0.15) is 18.1 Å². The second-order valence-electron chi connectivity index (χ2n) is 5.71. The van der Waals surface area contributed by atoms with Crippen LogP contribution in [0.25, 0.3) is 0 Å². The number of nitrogens with two attached hydrogens (primary N) is 1. The fourth-order valence-electron chi connectivity index (χ4n) is 2.69. The van der Waals surface area contributed by atoms with Crippen LogP contribution in [-0.4, -0.2) is 5.11 Å². The van der Waals surface area contributed by atoms with Crippen molar-refractivity contribution in [2.24, 2.45) is 11.7 Å². The first-order valence-electron chi connectivity index (χ1n) is 7.49. The summed E-state index contributed by atoms with van der Waals surface area (Å²) < 4.78 is 5.71. The molecule has 1 fully saturated rings. The van der Waals surface area contributed by atoms with Gasteiger partial charge in [-0.25, -0.2) is 0 Å². The average Bonchev–Trinajstić information content (AvgIpc) is 2.44. The first-order chi connectivity index (χ1) is 10.2. The van der Waals surface area contributed by atoms with E-state index in [1.54, 1.807) is 6.07 Å². The summed E-state index contributed by atoms with van der Waals surface area (Å²) in [5, 5.41) is 10.2. The molecule has 22 heavy (non-hydrogen) atoms. The van der Waals surface area contributed by atoms with Crippen molar-refractivity contribution in [3.8, 4) is 11.5 Å². The summed E-state index contributed by atoms with van der Waals surface area (Å²) in [6.45, 7) is 0.494. The summed E-state index contributed by atoms with van der Waals surface area (Å²) in [4.78, 5) is 0. The summed E-state index contributed by atoms with van der Waals surface area (Å²) >= 11 is 0.